The second-order valence-electron chi connectivity index (χ2n) is 7.52. The molecule has 4 aromatic rings. The van der Waals surface area contributed by atoms with E-state index in [1.165, 1.54) is 23.5 Å². The summed E-state index contributed by atoms with van der Waals surface area (Å²) < 4.78 is 15.0. The zero-order valence-corrected chi connectivity index (χ0v) is 17.8. The highest BCUT2D eigenvalue weighted by Gasteiger charge is 2.23. The van der Waals surface area contributed by atoms with Crippen LogP contribution in [0, 0.1) is 12.7 Å². The summed E-state index contributed by atoms with van der Waals surface area (Å²) >= 11 is 1.34. The third-order valence-electron chi connectivity index (χ3n) is 5.45. The number of nitrogens with zero attached hydrogens (tertiary/aromatic N) is 3. The molecule has 0 saturated heterocycles. The molecule has 8 heteroatoms. The summed E-state index contributed by atoms with van der Waals surface area (Å²) in [5.74, 6) is -0.491. The monoisotopic (exact) mass is 434 g/mol. The highest BCUT2D eigenvalue weighted by molar-refractivity contribution is 7.20. The van der Waals surface area contributed by atoms with Gasteiger partial charge in [-0.15, -0.1) is 11.3 Å². The Kier molecular flexibility index (Phi) is 4.59. The number of aromatic nitrogens is 2. The fourth-order valence-electron chi connectivity index (χ4n) is 3.92. The number of hydrogen-bond donors (Lipinski definition) is 1. The Morgan fingerprint density at radius 3 is 2.65 bits per heavy atom. The first kappa shape index (κ1) is 19.4. The first-order valence-corrected chi connectivity index (χ1v) is 10.7. The molecule has 31 heavy (non-hydrogen) atoms. The van der Waals surface area contributed by atoms with Crippen LogP contribution < -0.4 is 10.2 Å². The summed E-state index contributed by atoms with van der Waals surface area (Å²) in [5.41, 5.74) is 4.19. The minimum absolute atomic E-state index is 0.0198. The summed E-state index contributed by atoms with van der Waals surface area (Å²) in [4.78, 5) is 27.8. The third kappa shape index (κ3) is 3.38. The average Bonchev–Trinajstić information content (AvgIpc) is 3.43. The second-order valence-corrected chi connectivity index (χ2v) is 8.55. The number of carbonyl (C=O) groups excluding carboxylic acids is 2. The Morgan fingerprint density at radius 1 is 1.13 bits per heavy atom. The summed E-state index contributed by atoms with van der Waals surface area (Å²) in [6.45, 7) is 4.11. The highest BCUT2D eigenvalue weighted by atomic mass is 32.1. The molecule has 5 rings (SSSR count). The molecule has 2 aromatic heterocycles. The Hall–Kier alpha value is -3.52. The quantitative estimate of drug-likeness (QED) is 0.508. The van der Waals surface area contributed by atoms with E-state index in [2.05, 4.69) is 10.4 Å². The largest absolute Gasteiger partial charge is 0.321 e. The second kappa shape index (κ2) is 7.31. The van der Waals surface area contributed by atoms with Crippen LogP contribution in [-0.2, 0) is 11.2 Å². The van der Waals surface area contributed by atoms with Crippen LogP contribution in [0.15, 0.2) is 48.5 Å². The number of amides is 2. The van der Waals surface area contributed by atoms with Gasteiger partial charge in [-0.25, -0.2) is 9.07 Å². The van der Waals surface area contributed by atoms with E-state index in [1.807, 2.05) is 31.2 Å². The Balaban J connectivity index is 1.43. The zero-order valence-electron chi connectivity index (χ0n) is 17.0. The molecule has 0 unspecified atom stereocenters. The van der Waals surface area contributed by atoms with E-state index >= 15 is 0 Å². The number of thiophene rings is 1. The van der Waals surface area contributed by atoms with Crippen molar-refractivity contribution in [3.63, 3.8) is 0 Å². The van der Waals surface area contributed by atoms with E-state index in [-0.39, 0.29) is 17.6 Å². The van der Waals surface area contributed by atoms with Crippen LogP contribution in [0.1, 0.15) is 27.9 Å². The van der Waals surface area contributed by atoms with Crippen LogP contribution >= 0.6 is 11.3 Å². The maximum absolute atomic E-state index is 13.3. The number of carbonyl (C=O) groups is 2. The molecule has 0 aliphatic carbocycles. The predicted molar refractivity (Wildman–Crippen MR) is 120 cm³/mol. The van der Waals surface area contributed by atoms with Crippen molar-refractivity contribution < 1.29 is 14.0 Å². The van der Waals surface area contributed by atoms with E-state index in [0.29, 0.717) is 17.1 Å². The SMILES string of the molecule is CC(=O)N1CCc2cc(NC(=O)c3cc4c(C)nn(-c5ccc(F)cc5)c4s3)ccc21. The van der Waals surface area contributed by atoms with E-state index in [4.69, 9.17) is 0 Å². The molecule has 1 N–H and O–H groups in total. The van der Waals surface area contributed by atoms with Crippen molar-refractivity contribution in [2.24, 2.45) is 0 Å². The number of aryl methyl sites for hydroxylation is 1. The number of halogens is 1. The molecule has 2 aromatic carbocycles. The molecule has 156 valence electrons. The number of benzene rings is 2. The molecule has 0 spiro atoms. The van der Waals surface area contributed by atoms with E-state index in [1.54, 1.807) is 28.6 Å². The Labute approximate surface area is 181 Å². The topological polar surface area (TPSA) is 67.2 Å². The molecule has 1 aliphatic heterocycles. The maximum atomic E-state index is 13.3. The average molecular weight is 434 g/mol. The van der Waals surface area contributed by atoms with Crippen molar-refractivity contribution in [1.29, 1.82) is 0 Å². The van der Waals surface area contributed by atoms with Gasteiger partial charge in [0.15, 0.2) is 0 Å². The van der Waals surface area contributed by atoms with Crippen LogP contribution in [-0.4, -0.2) is 28.1 Å². The smallest absolute Gasteiger partial charge is 0.265 e. The first-order valence-electron chi connectivity index (χ1n) is 9.88. The lowest BCUT2D eigenvalue weighted by atomic mass is 10.1. The van der Waals surface area contributed by atoms with Gasteiger partial charge >= 0.3 is 0 Å². The van der Waals surface area contributed by atoms with Crippen LogP contribution in [0.5, 0.6) is 0 Å². The summed E-state index contributed by atoms with van der Waals surface area (Å²) in [6, 6.07) is 13.6. The van der Waals surface area contributed by atoms with Gasteiger partial charge in [-0.3, -0.25) is 9.59 Å². The number of fused-ring (bicyclic) bond motifs is 2. The summed E-state index contributed by atoms with van der Waals surface area (Å²) in [7, 11) is 0. The summed E-state index contributed by atoms with van der Waals surface area (Å²) in [6.07, 6.45) is 0.772. The van der Waals surface area contributed by atoms with Crippen LogP contribution in [0.2, 0.25) is 0 Å². The Morgan fingerprint density at radius 2 is 1.90 bits per heavy atom. The molecule has 0 fully saturated rings. The third-order valence-corrected chi connectivity index (χ3v) is 6.56. The molecule has 3 heterocycles. The first-order chi connectivity index (χ1) is 14.9. The number of hydrogen-bond acceptors (Lipinski definition) is 4. The summed E-state index contributed by atoms with van der Waals surface area (Å²) in [5, 5.41) is 8.39. The number of nitrogens with one attached hydrogen (secondary N) is 1. The van der Waals surface area contributed by atoms with Gasteiger partial charge in [0.1, 0.15) is 10.6 Å². The van der Waals surface area contributed by atoms with Gasteiger partial charge < -0.3 is 10.2 Å². The van der Waals surface area contributed by atoms with Gasteiger partial charge in [0.05, 0.1) is 16.3 Å². The molecule has 6 nitrogen and oxygen atoms in total. The molecule has 2 amide bonds. The van der Waals surface area contributed by atoms with Crippen LogP contribution in [0.4, 0.5) is 15.8 Å². The number of rotatable bonds is 3. The standard InChI is InChI=1S/C23H19FN4O2S/c1-13-19-12-21(31-23(19)28(26-13)18-6-3-16(24)4-7-18)22(30)25-17-5-8-20-15(11-17)9-10-27(20)14(2)29/h3-8,11-12H,9-10H2,1-2H3,(H,25,30). The molecule has 0 bridgehead atoms. The van der Waals surface area contributed by atoms with Crippen molar-refractivity contribution in [1.82, 2.24) is 9.78 Å². The lowest BCUT2D eigenvalue weighted by molar-refractivity contribution is -0.116. The van der Waals surface area contributed by atoms with E-state index in [0.717, 1.165) is 39.3 Å². The van der Waals surface area contributed by atoms with Gasteiger partial charge in [-0.05, 0) is 67.4 Å². The molecule has 0 radical (unpaired) electrons. The lowest BCUT2D eigenvalue weighted by Gasteiger charge is -2.15. The maximum Gasteiger partial charge on any atom is 0.265 e. The van der Waals surface area contributed by atoms with Crippen molar-refractivity contribution in [2.45, 2.75) is 20.3 Å². The van der Waals surface area contributed by atoms with Gasteiger partial charge in [0, 0.05) is 30.2 Å². The normalized spacial score (nSPS) is 12.9. The molecular formula is C23H19FN4O2S. The van der Waals surface area contributed by atoms with Gasteiger partial charge in [0.2, 0.25) is 5.91 Å². The van der Waals surface area contributed by atoms with E-state index < -0.39 is 0 Å². The van der Waals surface area contributed by atoms with Crippen molar-refractivity contribution in [2.75, 3.05) is 16.8 Å². The number of anilines is 2. The lowest BCUT2D eigenvalue weighted by Crippen LogP contribution is -2.25. The van der Waals surface area contributed by atoms with Crippen LogP contribution in [0.25, 0.3) is 15.9 Å². The molecule has 0 atom stereocenters. The fourth-order valence-corrected chi connectivity index (χ4v) is 4.99. The van der Waals surface area contributed by atoms with Gasteiger partial charge in [-0.2, -0.15) is 5.10 Å². The molecular weight excluding hydrogens is 415 g/mol. The minimum Gasteiger partial charge on any atom is -0.321 e. The predicted octanol–water partition coefficient (Wildman–Crippen LogP) is 4.70. The van der Waals surface area contributed by atoms with Gasteiger partial charge in [-0.1, -0.05) is 0 Å². The van der Waals surface area contributed by atoms with Crippen LogP contribution in [0.3, 0.4) is 0 Å². The van der Waals surface area contributed by atoms with Crippen molar-refractivity contribution in [3.05, 3.63) is 70.5 Å². The fraction of sp³-hybridized carbons (Fsp3) is 0.174. The zero-order chi connectivity index (χ0) is 21.7. The highest BCUT2D eigenvalue weighted by Crippen LogP contribution is 2.33. The van der Waals surface area contributed by atoms with Gasteiger partial charge in [0.25, 0.3) is 5.91 Å². The molecule has 1 aliphatic rings. The minimum atomic E-state index is -0.309. The Bertz CT molecular complexity index is 1340. The van der Waals surface area contributed by atoms with Crippen molar-refractivity contribution in [3.8, 4) is 5.69 Å². The molecule has 0 saturated carbocycles. The van der Waals surface area contributed by atoms with E-state index in [9.17, 15) is 14.0 Å². The van der Waals surface area contributed by atoms with Crippen molar-refractivity contribution >= 4 is 44.7 Å².